The molecule has 1 atom stereocenters. The number of hydrogen-bond acceptors (Lipinski definition) is 3. The van der Waals surface area contributed by atoms with Crippen molar-refractivity contribution in [2.75, 3.05) is 13.7 Å². The van der Waals surface area contributed by atoms with Crippen LogP contribution < -0.4 is 5.32 Å². The smallest absolute Gasteiger partial charge is 0.407 e. The summed E-state index contributed by atoms with van der Waals surface area (Å²) in [5.41, 5.74) is 0.701. The van der Waals surface area contributed by atoms with E-state index in [4.69, 9.17) is 9.47 Å². The van der Waals surface area contributed by atoms with Crippen LogP contribution in [-0.2, 0) is 15.9 Å². The maximum atomic E-state index is 11.8. The summed E-state index contributed by atoms with van der Waals surface area (Å²) in [5, 5.41) is 2.92. The van der Waals surface area contributed by atoms with E-state index in [0.717, 1.165) is 12.8 Å². The lowest BCUT2D eigenvalue weighted by molar-refractivity contribution is 0.0493. The summed E-state index contributed by atoms with van der Waals surface area (Å²) in [6, 6.07) is 10.1. The highest BCUT2D eigenvalue weighted by molar-refractivity contribution is 5.68. The second-order valence-corrected chi connectivity index (χ2v) is 5.81. The van der Waals surface area contributed by atoms with E-state index in [1.807, 2.05) is 39.0 Å². The Balaban J connectivity index is 2.57. The van der Waals surface area contributed by atoms with Gasteiger partial charge in [-0.3, -0.25) is 0 Å². The van der Waals surface area contributed by atoms with Gasteiger partial charge in [-0.1, -0.05) is 30.3 Å². The van der Waals surface area contributed by atoms with Gasteiger partial charge in [0.25, 0.3) is 0 Å². The molecule has 0 heterocycles. The van der Waals surface area contributed by atoms with Gasteiger partial charge in [-0.15, -0.1) is 0 Å². The van der Waals surface area contributed by atoms with Crippen molar-refractivity contribution in [3.8, 4) is 0 Å². The zero-order valence-electron chi connectivity index (χ0n) is 12.8. The SMILES string of the molecule is COCCC(Cc1ccccc1)NC(=O)OC(C)(C)C. The summed E-state index contributed by atoms with van der Waals surface area (Å²) in [5.74, 6) is 0. The number of rotatable bonds is 6. The molecular formula is C16H25NO3. The molecule has 0 aliphatic heterocycles. The van der Waals surface area contributed by atoms with E-state index in [-0.39, 0.29) is 12.1 Å². The minimum absolute atomic E-state index is 0.00667. The molecule has 0 aliphatic rings. The third kappa shape index (κ3) is 7.14. The van der Waals surface area contributed by atoms with Crippen molar-refractivity contribution in [2.45, 2.75) is 45.3 Å². The molecule has 20 heavy (non-hydrogen) atoms. The average Bonchev–Trinajstić information content (AvgIpc) is 2.35. The topological polar surface area (TPSA) is 47.6 Å². The summed E-state index contributed by atoms with van der Waals surface area (Å²) in [4.78, 5) is 11.8. The van der Waals surface area contributed by atoms with Crippen LogP contribution in [0.15, 0.2) is 30.3 Å². The van der Waals surface area contributed by atoms with Crippen molar-refractivity contribution in [3.05, 3.63) is 35.9 Å². The van der Waals surface area contributed by atoms with Crippen molar-refractivity contribution in [2.24, 2.45) is 0 Å². The molecule has 1 amide bonds. The second-order valence-electron chi connectivity index (χ2n) is 5.81. The van der Waals surface area contributed by atoms with Gasteiger partial charge < -0.3 is 14.8 Å². The van der Waals surface area contributed by atoms with E-state index >= 15 is 0 Å². The quantitative estimate of drug-likeness (QED) is 0.870. The predicted molar refractivity (Wildman–Crippen MR) is 79.8 cm³/mol. The Kier molecular flexibility index (Phi) is 6.52. The molecule has 0 radical (unpaired) electrons. The Morgan fingerprint density at radius 3 is 2.45 bits per heavy atom. The molecule has 0 bridgehead atoms. The number of hydrogen-bond donors (Lipinski definition) is 1. The zero-order chi connectivity index (χ0) is 15.0. The molecule has 1 aromatic carbocycles. The van der Waals surface area contributed by atoms with Gasteiger partial charge >= 0.3 is 6.09 Å². The van der Waals surface area contributed by atoms with Crippen LogP contribution in [0.1, 0.15) is 32.8 Å². The lowest BCUT2D eigenvalue weighted by Crippen LogP contribution is -2.40. The van der Waals surface area contributed by atoms with Crippen molar-refractivity contribution in [1.29, 1.82) is 0 Å². The van der Waals surface area contributed by atoms with E-state index < -0.39 is 5.60 Å². The van der Waals surface area contributed by atoms with Gasteiger partial charge in [0.15, 0.2) is 0 Å². The summed E-state index contributed by atoms with van der Waals surface area (Å²) in [6.07, 6.45) is 1.14. The molecule has 4 heteroatoms. The number of amides is 1. The third-order valence-electron chi connectivity index (χ3n) is 2.72. The van der Waals surface area contributed by atoms with Gasteiger partial charge in [0.1, 0.15) is 5.60 Å². The summed E-state index contributed by atoms with van der Waals surface area (Å²) < 4.78 is 10.4. The van der Waals surface area contributed by atoms with E-state index in [1.54, 1.807) is 7.11 Å². The van der Waals surface area contributed by atoms with Crippen LogP contribution in [0, 0.1) is 0 Å². The fourth-order valence-corrected chi connectivity index (χ4v) is 1.86. The molecule has 4 nitrogen and oxygen atoms in total. The number of nitrogens with one attached hydrogen (secondary N) is 1. The molecule has 0 aromatic heterocycles. The van der Waals surface area contributed by atoms with Crippen molar-refractivity contribution in [3.63, 3.8) is 0 Å². The van der Waals surface area contributed by atoms with Gasteiger partial charge in [-0.05, 0) is 39.2 Å². The molecular weight excluding hydrogens is 254 g/mol. The molecule has 112 valence electrons. The highest BCUT2D eigenvalue weighted by Gasteiger charge is 2.19. The molecule has 0 saturated carbocycles. The van der Waals surface area contributed by atoms with Crippen LogP contribution in [0.4, 0.5) is 4.79 Å². The molecule has 1 rings (SSSR count). The number of ether oxygens (including phenoxy) is 2. The average molecular weight is 279 g/mol. The van der Waals surface area contributed by atoms with E-state index in [9.17, 15) is 4.79 Å². The maximum absolute atomic E-state index is 11.8. The Morgan fingerprint density at radius 2 is 1.90 bits per heavy atom. The van der Waals surface area contributed by atoms with Gasteiger partial charge in [0, 0.05) is 19.8 Å². The van der Waals surface area contributed by atoms with Crippen molar-refractivity contribution in [1.82, 2.24) is 5.32 Å². The Morgan fingerprint density at radius 1 is 1.25 bits per heavy atom. The second kappa shape index (κ2) is 7.90. The number of carbonyl (C=O) groups is 1. The summed E-state index contributed by atoms with van der Waals surface area (Å²) in [6.45, 7) is 6.17. The number of alkyl carbamates (subject to hydrolysis) is 1. The van der Waals surface area contributed by atoms with E-state index in [0.29, 0.717) is 6.61 Å². The van der Waals surface area contributed by atoms with Crippen LogP contribution in [0.25, 0.3) is 0 Å². The highest BCUT2D eigenvalue weighted by atomic mass is 16.6. The summed E-state index contributed by atoms with van der Waals surface area (Å²) in [7, 11) is 1.66. The first-order chi connectivity index (χ1) is 9.40. The van der Waals surface area contributed by atoms with Gasteiger partial charge in [0.2, 0.25) is 0 Å². The Labute approximate surface area is 121 Å². The molecule has 0 spiro atoms. The molecule has 0 saturated heterocycles. The molecule has 0 aliphatic carbocycles. The first-order valence-corrected chi connectivity index (χ1v) is 6.93. The minimum Gasteiger partial charge on any atom is -0.444 e. The molecule has 1 aromatic rings. The lowest BCUT2D eigenvalue weighted by atomic mass is 10.0. The van der Waals surface area contributed by atoms with E-state index in [1.165, 1.54) is 5.56 Å². The Bertz CT molecular complexity index is 398. The first-order valence-electron chi connectivity index (χ1n) is 6.93. The van der Waals surface area contributed by atoms with Crippen molar-refractivity contribution >= 4 is 6.09 Å². The highest BCUT2D eigenvalue weighted by Crippen LogP contribution is 2.10. The van der Waals surface area contributed by atoms with Gasteiger partial charge in [-0.25, -0.2) is 4.79 Å². The lowest BCUT2D eigenvalue weighted by Gasteiger charge is -2.23. The third-order valence-corrected chi connectivity index (χ3v) is 2.72. The van der Waals surface area contributed by atoms with Gasteiger partial charge in [0.05, 0.1) is 0 Å². The maximum Gasteiger partial charge on any atom is 0.407 e. The van der Waals surface area contributed by atoms with Crippen LogP contribution in [0.5, 0.6) is 0 Å². The number of carbonyl (C=O) groups excluding carboxylic acids is 1. The summed E-state index contributed by atoms with van der Waals surface area (Å²) >= 11 is 0. The van der Waals surface area contributed by atoms with Crippen molar-refractivity contribution < 1.29 is 14.3 Å². The molecule has 1 N–H and O–H groups in total. The zero-order valence-corrected chi connectivity index (χ0v) is 12.8. The predicted octanol–water partition coefficient (Wildman–Crippen LogP) is 3.16. The van der Waals surface area contributed by atoms with Crippen LogP contribution >= 0.6 is 0 Å². The largest absolute Gasteiger partial charge is 0.444 e. The fraction of sp³-hybridized carbons (Fsp3) is 0.562. The van der Waals surface area contributed by atoms with Crippen LogP contribution in [0.2, 0.25) is 0 Å². The monoisotopic (exact) mass is 279 g/mol. The fourth-order valence-electron chi connectivity index (χ4n) is 1.86. The number of methoxy groups -OCH3 is 1. The van der Waals surface area contributed by atoms with E-state index in [2.05, 4.69) is 17.4 Å². The normalized spacial score (nSPS) is 12.8. The molecule has 0 fully saturated rings. The number of benzene rings is 1. The molecule has 1 unspecified atom stereocenters. The van der Waals surface area contributed by atoms with Crippen LogP contribution in [0.3, 0.4) is 0 Å². The minimum atomic E-state index is -0.483. The first kappa shape index (κ1) is 16.5. The Hall–Kier alpha value is -1.55. The van der Waals surface area contributed by atoms with Crippen LogP contribution in [-0.4, -0.2) is 31.5 Å². The standard InChI is InChI=1S/C16H25NO3/c1-16(2,3)20-15(18)17-14(10-11-19-4)12-13-8-6-5-7-9-13/h5-9,14H,10-12H2,1-4H3,(H,17,18). The van der Waals surface area contributed by atoms with Gasteiger partial charge in [-0.2, -0.15) is 0 Å².